The van der Waals surface area contributed by atoms with Crippen molar-refractivity contribution in [2.75, 3.05) is 13.2 Å². The van der Waals surface area contributed by atoms with Crippen molar-refractivity contribution in [2.45, 2.75) is 19.4 Å². The van der Waals surface area contributed by atoms with E-state index in [0.29, 0.717) is 13.0 Å². The molecular formula is C15H18O6. The summed E-state index contributed by atoms with van der Waals surface area (Å²) in [6.45, 7) is 1.89. The molecule has 0 saturated carbocycles. The van der Waals surface area contributed by atoms with Crippen LogP contribution in [0.25, 0.3) is 0 Å². The predicted octanol–water partition coefficient (Wildman–Crippen LogP) is 1.84. The average Bonchev–Trinajstić information content (AvgIpc) is 2.49. The number of hydrogen-bond donors (Lipinski definition) is 2. The Morgan fingerprint density at radius 3 is 2.57 bits per heavy atom. The third-order valence-corrected chi connectivity index (χ3v) is 2.59. The van der Waals surface area contributed by atoms with E-state index >= 15 is 0 Å². The lowest BCUT2D eigenvalue weighted by atomic mass is 10.1. The molecule has 1 atom stereocenters. The maximum Gasteiger partial charge on any atom is 0.339 e. The first kappa shape index (κ1) is 16.7. The first-order chi connectivity index (χ1) is 10.1. The standard InChI is InChI=1S/C15H18O6/c1-2-8-20-9-7-11(16)10-21-15(19)13-6-4-3-5-12(13)14(17)18/h2-6,8,11,16H,7,9-10H2,1H3,(H,17,18). The molecule has 0 bridgehead atoms. The summed E-state index contributed by atoms with van der Waals surface area (Å²) >= 11 is 0. The molecule has 1 rings (SSSR count). The van der Waals surface area contributed by atoms with Crippen LogP contribution in [0, 0.1) is 0 Å². The number of carbonyl (C=O) groups excluding carboxylic acids is 1. The molecule has 0 aliphatic rings. The van der Waals surface area contributed by atoms with Gasteiger partial charge in [-0.1, -0.05) is 18.2 Å². The van der Waals surface area contributed by atoms with Crippen molar-refractivity contribution >= 4 is 11.9 Å². The fourth-order valence-corrected chi connectivity index (χ4v) is 1.55. The van der Waals surface area contributed by atoms with Gasteiger partial charge in [-0.25, -0.2) is 9.59 Å². The molecule has 6 nitrogen and oxygen atoms in total. The van der Waals surface area contributed by atoms with Crippen LogP contribution in [0.4, 0.5) is 0 Å². The molecule has 1 aromatic carbocycles. The molecule has 1 aromatic rings. The smallest absolute Gasteiger partial charge is 0.339 e. The molecule has 0 spiro atoms. The highest BCUT2D eigenvalue weighted by molar-refractivity contribution is 6.02. The number of benzene rings is 1. The van der Waals surface area contributed by atoms with Gasteiger partial charge < -0.3 is 19.7 Å². The van der Waals surface area contributed by atoms with Gasteiger partial charge in [0.15, 0.2) is 0 Å². The molecule has 114 valence electrons. The van der Waals surface area contributed by atoms with Gasteiger partial charge in [0.2, 0.25) is 0 Å². The number of carboxylic acid groups (broad SMARTS) is 1. The summed E-state index contributed by atoms with van der Waals surface area (Å²) in [6, 6.07) is 5.76. The number of carboxylic acids is 1. The number of allylic oxidation sites excluding steroid dienone is 1. The molecule has 2 N–H and O–H groups in total. The number of hydrogen-bond acceptors (Lipinski definition) is 5. The van der Waals surface area contributed by atoms with E-state index in [4.69, 9.17) is 14.6 Å². The van der Waals surface area contributed by atoms with Gasteiger partial charge in [-0.05, 0) is 19.1 Å². The molecular weight excluding hydrogens is 276 g/mol. The van der Waals surface area contributed by atoms with E-state index in [2.05, 4.69) is 0 Å². The number of ether oxygens (including phenoxy) is 2. The number of aliphatic hydroxyl groups excluding tert-OH is 1. The van der Waals surface area contributed by atoms with E-state index < -0.39 is 18.0 Å². The Hall–Kier alpha value is -2.34. The van der Waals surface area contributed by atoms with E-state index in [1.54, 1.807) is 19.1 Å². The van der Waals surface area contributed by atoms with E-state index in [-0.39, 0.29) is 17.7 Å². The Kier molecular flexibility index (Phi) is 6.97. The Labute approximate surface area is 122 Å². The molecule has 6 heteroatoms. The van der Waals surface area contributed by atoms with Crippen molar-refractivity contribution < 1.29 is 29.3 Å². The highest BCUT2D eigenvalue weighted by Crippen LogP contribution is 2.10. The minimum atomic E-state index is -1.21. The largest absolute Gasteiger partial charge is 0.501 e. The van der Waals surface area contributed by atoms with Crippen molar-refractivity contribution in [1.82, 2.24) is 0 Å². The minimum absolute atomic E-state index is 0.0395. The minimum Gasteiger partial charge on any atom is -0.501 e. The Morgan fingerprint density at radius 1 is 1.29 bits per heavy atom. The first-order valence-corrected chi connectivity index (χ1v) is 6.46. The highest BCUT2D eigenvalue weighted by Gasteiger charge is 2.18. The maximum atomic E-state index is 11.8. The van der Waals surface area contributed by atoms with Crippen LogP contribution in [0.5, 0.6) is 0 Å². The molecule has 0 saturated heterocycles. The lowest BCUT2D eigenvalue weighted by Crippen LogP contribution is -2.21. The van der Waals surface area contributed by atoms with Gasteiger partial charge in [-0.3, -0.25) is 0 Å². The lowest BCUT2D eigenvalue weighted by Gasteiger charge is -2.12. The summed E-state index contributed by atoms with van der Waals surface area (Å²) in [7, 11) is 0. The third kappa shape index (κ3) is 5.66. The van der Waals surface area contributed by atoms with Gasteiger partial charge in [0, 0.05) is 6.42 Å². The van der Waals surface area contributed by atoms with Gasteiger partial charge in [0.05, 0.1) is 30.1 Å². The summed E-state index contributed by atoms with van der Waals surface area (Å²) in [5.74, 6) is -1.98. The zero-order valence-electron chi connectivity index (χ0n) is 11.7. The maximum absolute atomic E-state index is 11.8. The van der Waals surface area contributed by atoms with Crippen molar-refractivity contribution in [3.8, 4) is 0 Å². The van der Waals surface area contributed by atoms with Crippen LogP contribution < -0.4 is 0 Å². The number of aromatic carboxylic acids is 1. The van der Waals surface area contributed by atoms with Crippen molar-refractivity contribution in [3.63, 3.8) is 0 Å². The summed E-state index contributed by atoms with van der Waals surface area (Å²) < 4.78 is 9.95. The summed E-state index contributed by atoms with van der Waals surface area (Å²) in [5, 5.41) is 18.6. The van der Waals surface area contributed by atoms with Crippen LogP contribution in [0.1, 0.15) is 34.1 Å². The first-order valence-electron chi connectivity index (χ1n) is 6.46. The van der Waals surface area contributed by atoms with Gasteiger partial charge in [-0.2, -0.15) is 0 Å². The second-order valence-electron chi connectivity index (χ2n) is 4.23. The second-order valence-corrected chi connectivity index (χ2v) is 4.23. The molecule has 0 aromatic heterocycles. The quantitative estimate of drug-likeness (QED) is 0.432. The predicted molar refractivity (Wildman–Crippen MR) is 75.1 cm³/mol. The second kappa shape index (κ2) is 8.76. The third-order valence-electron chi connectivity index (χ3n) is 2.59. The Balaban J connectivity index is 2.49. The lowest BCUT2D eigenvalue weighted by molar-refractivity contribution is 0.0187. The monoisotopic (exact) mass is 294 g/mol. The fourth-order valence-electron chi connectivity index (χ4n) is 1.55. The van der Waals surface area contributed by atoms with Crippen LogP contribution in [-0.4, -0.2) is 41.5 Å². The van der Waals surface area contributed by atoms with Gasteiger partial charge in [-0.15, -0.1) is 0 Å². The van der Waals surface area contributed by atoms with Crippen LogP contribution in [0.2, 0.25) is 0 Å². The molecule has 0 radical (unpaired) electrons. The summed E-state index contributed by atoms with van der Waals surface area (Å²) in [5.41, 5.74) is -0.171. The van der Waals surface area contributed by atoms with E-state index in [1.165, 1.54) is 24.5 Å². The van der Waals surface area contributed by atoms with E-state index in [1.807, 2.05) is 0 Å². The normalized spacial score (nSPS) is 12.1. The Bertz CT molecular complexity index is 509. The van der Waals surface area contributed by atoms with E-state index in [0.717, 1.165) is 0 Å². The molecule has 1 unspecified atom stereocenters. The van der Waals surface area contributed by atoms with Crippen LogP contribution >= 0.6 is 0 Å². The molecule has 0 fully saturated rings. The van der Waals surface area contributed by atoms with Crippen LogP contribution in [-0.2, 0) is 9.47 Å². The van der Waals surface area contributed by atoms with Crippen LogP contribution in [0.3, 0.4) is 0 Å². The van der Waals surface area contributed by atoms with Gasteiger partial charge >= 0.3 is 11.9 Å². The number of aliphatic hydroxyl groups is 1. The molecule has 0 aliphatic heterocycles. The van der Waals surface area contributed by atoms with Crippen molar-refractivity contribution in [3.05, 3.63) is 47.7 Å². The van der Waals surface area contributed by atoms with Crippen molar-refractivity contribution in [1.29, 1.82) is 0 Å². The SMILES string of the molecule is CC=COCCC(O)COC(=O)c1ccccc1C(=O)O. The summed E-state index contributed by atoms with van der Waals surface area (Å²) in [4.78, 5) is 22.8. The molecule has 21 heavy (non-hydrogen) atoms. The average molecular weight is 294 g/mol. The van der Waals surface area contributed by atoms with Crippen LogP contribution in [0.15, 0.2) is 36.6 Å². The molecule has 0 amide bonds. The highest BCUT2D eigenvalue weighted by atomic mass is 16.5. The molecule has 0 heterocycles. The number of carbonyl (C=O) groups is 2. The number of rotatable bonds is 8. The fraction of sp³-hybridized carbons (Fsp3) is 0.333. The summed E-state index contributed by atoms with van der Waals surface area (Å²) in [6.07, 6.45) is 2.66. The zero-order valence-corrected chi connectivity index (χ0v) is 11.7. The van der Waals surface area contributed by atoms with E-state index in [9.17, 15) is 14.7 Å². The Morgan fingerprint density at radius 2 is 1.95 bits per heavy atom. The van der Waals surface area contributed by atoms with Crippen molar-refractivity contribution in [2.24, 2.45) is 0 Å². The number of esters is 1. The van der Waals surface area contributed by atoms with Gasteiger partial charge in [0.1, 0.15) is 6.61 Å². The zero-order chi connectivity index (χ0) is 15.7. The molecule has 0 aliphatic carbocycles. The van der Waals surface area contributed by atoms with Gasteiger partial charge in [0.25, 0.3) is 0 Å². The topological polar surface area (TPSA) is 93.1 Å².